The number of carbonyl (C=O) groups excluding carboxylic acids is 2. The van der Waals surface area contributed by atoms with Gasteiger partial charge >= 0.3 is 5.91 Å². The molecule has 9 heteroatoms. The summed E-state index contributed by atoms with van der Waals surface area (Å²) in [6.07, 6.45) is 3.87. The summed E-state index contributed by atoms with van der Waals surface area (Å²) >= 11 is 1.34. The number of pyridine rings is 1. The summed E-state index contributed by atoms with van der Waals surface area (Å²) in [4.78, 5) is 37.3. The van der Waals surface area contributed by atoms with E-state index in [1.54, 1.807) is 30.3 Å². The van der Waals surface area contributed by atoms with Crippen molar-refractivity contribution in [1.29, 1.82) is 0 Å². The third-order valence-corrected chi connectivity index (χ3v) is 7.47. The minimum Gasteiger partial charge on any atom is -0.507 e. The number of fused-ring (bicyclic) bond motifs is 1. The van der Waals surface area contributed by atoms with Crippen molar-refractivity contribution < 1.29 is 24.2 Å². The smallest absolute Gasteiger partial charge is 0.301 e. The van der Waals surface area contributed by atoms with Crippen LogP contribution in [-0.2, 0) is 9.59 Å². The molecule has 0 spiro atoms. The fraction of sp³-hybridized carbons (Fsp3) is 0.267. The van der Waals surface area contributed by atoms with E-state index in [-0.39, 0.29) is 11.3 Å². The number of ether oxygens (including phenoxy) is 2. The van der Waals surface area contributed by atoms with E-state index in [1.165, 1.54) is 28.6 Å². The Bertz CT molecular complexity index is 1600. The minimum atomic E-state index is -0.931. The number of thiazole rings is 1. The number of aliphatic hydroxyl groups is 1. The number of hydrogen-bond acceptors (Lipinski definition) is 8. The number of hydrogen-bond donors (Lipinski definition) is 1. The molecule has 1 aliphatic rings. The molecule has 2 aromatic carbocycles. The number of nitrogens with zero attached hydrogens (tertiary/aromatic N) is 3. The van der Waals surface area contributed by atoms with Gasteiger partial charge in [-0.05, 0) is 74.2 Å². The van der Waals surface area contributed by atoms with E-state index >= 15 is 0 Å². The van der Waals surface area contributed by atoms with Gasteiger partial charge in [0.2, 0.25) is 0 Å². The Kier molecular flexibility index (Phi) is 7.34. The lowest BCUT2D eigenvalue weighted by atomic mass is 9.95. The Labute approximate surface area is 230 Å². The highest BCUT2D eigenvalue weighted by Gasteiger charge is 2.48. The van der Waals surface area contributed by atoms with Gasteiger partial charge in [0, 0.05) is 18.0 Å². The van der Waals surface area contributed by atoms with E-state index < -0.39 is 17.7 Å². The second-order valence-corrected chi connectivity index (χ2v) is 10.3. The molecule has 1 unspecified atom stereocenters. The number of benzene rings is 2. The maximum atomic E-state index is 13.6. The Morgan fingerprint density at radius 2 is 1.79 bits per heavy atom. The number of ketones is 1. The molecule has 2 aromatic heterocycles. The van der Waals surface area contributed by atoms with E-state index in [2.05, 4.69) is 4.98 Å². The van der Waals surface area contributed by atoms with E-state index in [9.17, 15) is 14.7 Å². The van der Waals surface area contributed by atoms with Crippen LogP contribution in [-0.4, -0.2) is 40.0 Å². The number of aliphatic hydroxyl groups excluding tert-OH is 1. The van der Waals surface area contributed by atoms with Gasteiger partial charge in [0.25, 0.3) is 5.78 Å². The number of anilines is 1. The van der Waals surface area contributed by atoms with Crippen molar-refractivity contribution in [3.63, 3.8) is 0 Å². The Balaban J connectivity index is 1.73. The van der Waals surface area contributed by atoms with Crippen LogP contribution in [0.5, 0.6) is 11.5 Å². The van der Waals surface area contributed by atoms with Gasteiger partial charge in [-0.3, -0.25) is 19.5 Å². The lowest BCUT2D eigenvalue weighted by Crippen LogP contribution is -2.29. The second-order valence-electron chi connectivity index (χ2n) is 9.32. The minimum absolute atomic E-state index is 0.0250. The monoisotopic (exact) mass is 543 g/mol. The predicted molar refractivity (Wildman–Crippen MR) is 152 cm³/mol. The molecule has 200 valence electrons. The van der Waals surface area contributed by atoms with Crippen LogP contribution in [0.15, 0.2) is 60.4 Å². The summed E-state index contributed by atoms with van der Waals surface area (Å²) < 4.78 is 12.7. The Morgan fingerprint density at radius 3 is 2.51 bits per heavy atom. The van der Waals surface area contributed by atoms with Gasteiger partial charge in [-0.15, -0.1) is 0 Å². The van der Waals surface area contributed by atoms with Gasteiger partial charge in [-0.1, -0.05) is 30.4 Å². The standard InChI is InChI=1S/C30H29N3O5S/c1-5-13-38-21-8-7-20(16-22(21)37-6-2)26-24(27(34)19-9-11-31-12-10-19)28(35)29(36)33(26)30-32-25-18(4)14-17(3)15-23(25)39-30/h7-12,14-16,26,34H,5-6,13H2,1-4H3/b27-24+. The lowest BCUT2D eigenvalue weighted by molar-refractivity contribution is -0.132. The maximum Gasteiger partial charge on any atom is 0.301 e. The molecule has 39 heavy (non-hydrogen) atoms. The van der Waals surface area contributed by atoms with E-state index in [1.807, 2.05) is 39.8 Å². The predicted octanol–water partition coefficient (Wildman–Crippen LogP) is 6.12. The highest BCUT2D eigenvalue weighted by molar-refractivity contribution is 7.22. The van der Waals surface area contributed by atoms with Crippen LogP contribution in [0.3, 0.4) is 0 Å². The zero-order chi connectivity index (χ0) is 27.7. The van der Waals surface area contributed by atoms with Crippen molar-refractivity contribution in [1.82, 2.24) is 9.97 Å². The van der Waals surface area contributed by atoms with Crippen molar-refractivity contribution in [2.45, 2.75) is 40.2 Å². The van der Waals surface area contributed by atoms with Gasteiger partial charge in [0.1, 0.15) is 5.76 Å². The van der Waals surface area contributed by atoms with Crippen molar-refractivity contribution in [3.05, 3.63) is 82.7 Å². The topological polar surface area (TPSA) is 102 Å². The zero-order valence-corrected chi connectivity index (χ0v) is 23.0. The van der Waals surface area contributed by atoms with Crippen molar-refractivity contribution in [3.8, 4) is 11.5 Å². The van der Waals surface area contributed by atoms with Crippen LogP contribution in [0.1, 0.15) is 48.6 Å². The van der Waals surface area contributed by atoms with Crippen LogP contribution in [0, 0.1) is 13.8 Å². The van der Waals surface area contributed by atoms with Gasteiger partial charge < -0.3 is 14.6 Å². The third kappa shape index (κ3) is 4.85. The molecular formula is C30H29N3O5S. The molecular weight excluding hydrogens is 514 g/mol. The quantitative estimate of drug-likeness (QED) is 0.162. The van der Waals surface area contributed by atoms with Crippen LogP contribution in [0.25, 0.3) is 16.0 Å². The number of rotatable bonds is 8. The highest BCUT2D eigenvalue weighted by Crippen LogP contribution is 2.46. The normalized spacial score (nSPS) is 16.7. The van der Waals surface area contributed by atoms with Gasteiger partial charge in [-0.2, -0.15) is 0 Å². The molecule has 4 aromatic rings. The van der Waals surface area contributed by atoms with Crippen molar-refractivity contribution >= 4 is 44.1 Å². The average molecular weight is 544 g/mol. The molecule has 0 bridgehead atoms. The summed E-state index contributed by atoms with van der Waals surface area (Å²) in [6.45, 7) is 8.78. The Morgan fingerprint density at radius 1 is 1.03 bits per heavy atom. The summed E-state index contributed by atoms with van der Waals surface area (Å²) in [5.74, 6) is -0.756. The highest BCUT2D eigenvalue weighted by atomic mass is 32.1. The third-order valence-electron chi connectivity index (χ3n) is 6.47. The number of Topliss-reactive ketones (excluding diaryl/α,β-unsaturated/α-hetero) is 1. The average Bonchev–Trinajstić information content (AvgIpc) is 3.46. The molecule has 1 amide bonds. The second kappa shape index (κ2) is 10.9. The first-order valence-electron chi connectivity index (χ1n) is 12.8. The van der Waals surface area contributed by atoms with Gasteiger partial charge in [0.05, 0.1) is 35.0 Å². The summed E-state index contributed by atoms with van der Waals surface area (Å²) in [7, 11) is 0. The molecule has 5 rings (SSSR count). The SMILES string of the molecule is CCCOc1ccc(C2/C(=C(\O)c3ccncc3)C(=O)C(=O)N2c2nc3c(C)cc(C)cc3s2)cc1OCC. The fourth-order valence-corrected chi connectivity index (χ4v) is 5.94. The van der Waals surface area contributed by atoms with Crippen LogP contribution < -0.4 is 14.4 Å². The van der Waals surface area contributed by atoms with Gasteiger partial charge in [-0.25, -0.2) is 4.98 Å². The molecule has 1 N–H and O–H groups in total. The molecule has 1 atom stereocenters. The van der Waals surface area contributed by atoms with Crippen molar-refractivity contribution in [2.75, 3.05) is 18.1 Å². The molecule has 0 saturated carbocycles. The van der Waals surface area contributed by atoms with Crippen LogP contribution in [0.4, 0.5) is 5.13 Å². The zero-order valence-electron chi connectivity index (χ0n) is 22.2. The van der Waals surface area contributed by atoms with Crippen LogP contribution in [0.2, 0.25) is 0 Å². The molecule has 8 nitrogen and oxygen atoms in total. The fourth-order valence-electron chi connectivity index (χ4n) is 4.77. The first kappa shape index (κ1) is 26.4. The molecule has 0 aliphatic carbocycles. The lowest BCUT2D eigenvalue weighted by Gasteiger charge is -2.24. The molecule has 1 saturated heterocycles. The van der Waals surface area contributed by atoms with Gasteiger partial charge in [0.15, 0.2) is 16.6 Å². The van der Waals surface area contributed by atoms with Crippen LogP contribution >= 0.6 is 11.3 Å². The number of carbonyl (C=O) groups is 2. The first-order chi connectivity index (χ1) is 18.8. The largest absolute Gasteiger partial charge is 0.507 e. The number of amides is 1. The Hall–Kier alpha value is -4.24. The van der Waals surface area contributed by atoms with E-state index in [0.29, 0.717) is 41.0 Å². The summed E-state index contributed by atoms with van der Waals surface area (Å²) in [5, 5.41) is 11.7. The number of aromatic nitrogens is 2. The molecule has 1 aliphatic heterocycles. The molecule has 1 fully saturated rings. The molecule has 0 radical (unpaired) electrons. The maximum absolute atomic E-state index is 13.6. The van der Waals surface area contributed by atoms with Crippen molar-refractivity contribution in [2.24, 2.45) is 0 Å². The molecule has 3 heterocycles. The summed E-state index contributed by atoms with van der Waals surface area (Å²) in [5.41, 5.74) is 3.78. The van der Waals surface area contributed by atoms with E-state index in [0.717, 1.165) is 27.8 Å². The first-order valence-corrected chi connectivity index (χ1v) is 13.6. The van der Waals surface area contributed by atoms with E-state index in [4.69, 9.17) is 14.5 Å². The number of aryl methyl sites for hydroxylation is 2. The summed E-state index contributed by atoms with van der Waals surface area (Å²) in [6, 6.07) is 11.6.